The zero-order valence-corrected chi connectivity index (χ0v) is 16.8. The maximum absolute atomic E-state index is 13.1. The van der Waals surface area contributed by atoms with Crippen molar-refractivity contribution in [2.75, 3.05) is 37.7 Å². The Morgan fingerprint density at radius 2 is 1.70 bits per heavy atom. The van der Waals surface area contributed by atoms with Crippen molar-refractivity contribution >= 4 is 22.4 Å². The lowest BCUT2D eigenvalue weighted by Gasteiger charge is -2.39. The lowest BCUT2D eigenvalue weighted by molar-refractivity contribution is -0.221. The van der Waals surface area contributed by atoms with Crippen LogP contribution >= 0.6 is 0 Å². The first kappa shape index (κ1) is 19.0. The van der Waals surface area contributed by atoms with E-state index in [-0.39, 0.29) is 5.91 Å². The lowest BCUT2D eigenvalue weighted by Crippen LogP contribution is -2.53. The van der Waals surface area contributed by atoms with Gasteiger partial charge in [-0.05, 0) is 0 Å². The fourth-order valence-corrected chi connectivity index (χ4v) is 4.23. The number of amides is 1. The summed E-state index contributed by atoms with van der Waals surface area (Å²) in [4.78, 5) is 21.7. The van der Waals surface area contributed by atoms with Crippen LogP contribution in [0.3, 0.4) is 0 Å². The van der Waals surface area contributed by atoms with Gasteiger partial charge < -0.3 is 19.3 Å². The molecule has 0 radical (unpaired) electrons. The van der Waals surface area contributed by atoms with Gasteiger partial charge in [0.2, 0.25) is 0 Å². The summed E-state index contributed by atoms with van der Waals surface area (Å²) in [6.45, 7) is 3.45. The van der Waals surface area contributed by atoms with E-state index in [0.29, 0.717) is 26.1 Å². The minimum absolute atomic E-state index is 0.0647. The van der Waals surface area contributed by atoms with Crippen LogP contribution in [-0.2, 0) is 14.3 Å². The van der Waals surface area contributed by atoms with E-state index in [1.165, 1.54) is 5.39 Å². The molecule has 1 aromatic heterocycles. The highest BCUT2D eigenvalue weighted by Crippen LogP contribution is 2.29. The Labute approximate surface area is 176 Å². The van der Waals surface area contributed by atoms with Gasteiger partial charge in [0, 0.05) is 55.1 Å². The average Bonchev–Trinajstić information content (AvgIpc) is 2.84. The third kappa shape index (κ3) is 3.76. The van der Waals surface area contributed by atoms with Crippen molar-refractivity contribution in [2.45, 2.75) is 18.8 Å². The van der Waals surface area contributed by atoms with E-state index < -0.39 is 12.4 Å². The normalized spacial score (nSPS) is 22.3. The topological polar surface area (TPSA) is 54.9 Å². The van der Waals surface area contributed by atoms with Crippen molar-refractivity contribution in [1.82, 2.24) is 9.88 Å². The number of ether oxygens (including phenoxy) is 2. The molecule has 0 N–H and O–H groups in total. The molecular formula is C24H25N3O3. The van der Waals surface area contributed by atoms with Gasteiger partial charge in [0.05, 0.1) is 18.5 Å². The van der Waals surface area contributed by atoms with Crippen molar-refractivity contribution in [3.05, 3.63) is 72.6 Å². The number of benzene rings is 2. The molecule has 6 nitrogen and oxygen atoms in total. The van der Waals surface area contributed by atoms with Crippen LogP contribution in [0.2, 0.25) is 0 Å². The van der Waals surface area contributed by atoms with Gasteiger partial charge in [-0.2, -0.15) is 0 Å². The fourth-order valence-electron chi connectivity index (χ4n) is 4.23. The highest BCUT2D eigenvalue weighted by Gasteiger charge is 2.33. The quantitative estimate of drug-likeness (QED) is 0.671. The highest BCUT2D eigenvalue weighted by molar-refractivity contribution is 5.93. The standard InChI is InChI=1S/C24H25N3O3/c28-23(22-10-15-29-24(30-22)18-6-2-1-3-7-18)27-13-11-26(12-14-27)21-17-25-16-19-8-4-5-9-20(19)21/h1-9,16-17,22,24H,10-15H2. The summed E-state index contributed by atoms with van der Waals surface area (Å²) in [5, 5.41) is 2.34. The first-order valence-electron chi connectivity index (χ1n) is 10.5. The maximum atomic E-state index is 13.1. The third-order valence-electron chi connectivity index (χ3n) is 5.86. The molecule has 2 aliphatic heterocycles. The Balaban J connectivity index is 1.23. The van der Waals surface area contributed by atoms with Crippen LogP contribution in [0.1, 0.15) is 18.3 Å². The number of hydrogen-bond donors (Lipinski definition) is 0. The number of carbonyl (C=O) groups is 1. The van der Waals surface area contributed by atoms with Gasteiger partial charge in [0.25, 0.3) is 5.91 Å². The minimum Gasteiger partial charge on any atom is -0.366 e. The number of carbonyl (C=O) groups excluding carboxylic acids is 1. The average molecular weight is 403 g/mol. The molecule has 5 rings (SSSR count). The molecule has 2 atom stereocenters. The van der Waals surface area contributed by atoms with Gasteiger partial charge in [-0.25, -0.2) is 0 Å². The molecule has 0 bridgehead atoms. The Morgan fingerprint density at radius 3 is 2.53 bits per heavy atom. The number of hydrogen-bond acceptors (Lipinski definition) is 5. The summed E-state index contributed by atoms with van der Waals surface area (Å²) in [6, 6.07) is 18.1. The van der Waals surface area contributed by atoms with E-state index in [9.17, 15) is 4.79 Å². The van der Waals surface area contributed by atoms with E-state index in [0.717, 1.165) is 29.7 Å². The summed E-state index contributed by atoms with van der Waals surface area (Å²) in [6.07, 6.45) is 3.48. The first-order chi connectivity index (χ1) is 14.8. The molecule has 0 saturated carbocycles. The molecule has 0 spiro atoms. The molecule has 2 unspecified atom stereocenters. The second-order valence-electron chi connectivity index (χ2n) is 7.72. The third-order valence-corrected chi connectivity index (χ3v) is 5.86. The Kier molecular flexibility index (Phi) is 5.34. The Morgan fingerprint density at radius 1 is 0.933 bits per heavy atom. The van der Waals surface area contributed by atoms with Gasteiger partial charge in [-0.3, -0.25) is 9.78 Å². The predicted octanol–water partition coefficient (Wildman–Crippen LogP) is 3.39. The molecule has 1 amide bonds. The molecule has 2 aliphatic rings. The van der Waals surface area contributed by atoms with Crippen LogP contribution in [0.5, 0.6) is 0 Å². The highest BCUT2D eigenvalue weighted by atomic mass is 16.7. The summed E-state index contributed by atoms with van der Waals surface area (Å²) in [5.74, 6) is 0.0647. The van der Waals surface area contributed by atoms with Crippen LogP contribution in [0.15, 0.2) is 67.0 Å². The fraction of sp³-hybridized carbons (Fsp3) is 0.333. The summed E-state index contributed by atoms with van der Waals surface area (Å²) < 4.78 is 11.8. The van der Waals surface area contributed by atoms with E-state index >= 15 is 0 Å². The summed E-state index contributed by atoms with van der Waals surface area (Å²) in [5.41, 5.74) is 2.08. The predicted molar refractivity (Wildman–Crippen MR) is 115 cm³/mol. The van der Waals surface area contributed by atoms with Crippen LogP contribution in [-0.4, -0.2) is 54.7 Å². The molecule has 154 valence electrons. The number of pyridine rings is 1. The van der Waals surface area contributed by atoms with Gasteiger partial charge >= 0.3 is 0 Å². The molecule has 0 aliphatic carbocycles. The minimum atomic E-state index is -0.475. The SMILES string of the molecule is O=C(C1CCOC(c2ccccc2)O1)N1CCN(c2cncc3ccccc23)CC1. The van der Waals surface area contributed by atoms with Crippen molar-refractivity contribution in [3.63, 3.8) is 0 Å². The van der Waals surface area contributed by atoms with E-state index in [4.69, 9.17) is 9.47 Å². The number of nitrogens with zero attached hydrogens (tertiary/aromatic N) is 3. The van der Waals surface area contributed by atoms with Crippen LogP contribution in [0, 0.1) is 0 Å². The smallest absolute Gasteiger partial charge is 0.252 e. The van der Waals surface area contributed by atoms with Gasteiger partial charge in [0.1, 0.15) is 6.10 Å². The zero-order chi connectivity index (χ0) is 20.3. The van der Waals surface area contributed by atoms with Gasteiger partial charge in [-0.15, -0.1) is 0 Å². The summed E-state index contributed by atoms with van der Waals surface area (Å²) >= 11 is 0. The molecular weight excluding hydrogens is 378 g/mol. The lowest BCUT2D eigenvalue weighted by atomic mass is 10.1. The van der Waals surface area contributed by atoms with Crippen molar-refractivity contribution in [1.29, 1.82) is 0 Å². The molecule has 3 aromatic rings. The Bertz CT molecular complexity index is 1010. The zero-order valence-electron chi connectivity index (χ0n) is 16.8. The van der Waals surface area contributed by atoms with Crippen molar-refractivity contribution < 1.29 is 14.3 Å². The summed E-state index contributed by atoms with van der Waals surface area (Å²) in [7, 11) is 0. The molecule has 30 heavy (non-hydrogen) atoms. The van der Waals surface area contributed by atoms with Gasteiger partial charge in [0.15, 0.2) is 6.29 Å². The van der Waals surface area contributed by atoms with E-state index in [2.05, 4.69) is 28.1 Å². The second kappa shape index (κ2) is 8.42. The van der Waals surface area contributed by atoms with Crippen LogP contribution in [0.4, 0.5) is 5.69 Å². The Hall–Kier alpha value is -2.96. The number of anilines is 1. The van der Waals surface area contributed by atoms with Crippen LogP contribution < -0.4 is 4.90 Å². The van der Waals surface area contributed by atoms with Gasteiger partial charge in [-0.1, -0.05) is 54.6 Å². The maximum Gasteiger partial charge on any atom is 0.252 e. The molecule has 3 heterocycles. The molecule has 2 saturated heterocycles. The van der Waals surface area contributed by atoms with Crippen molar-refractivity contribution in [2.24, 2.45) is 0 Å². The molecule has 2 fully saturated rings. The second-order valence-corrected chi connectivity index (χ2v) is 7.72. The van der Waals surface area contributed by atoms with E-state index in [1.807, 2.05) is 53.7 Å². The van der Waals surface area contributed by atoms with E-state index in [1.54, 1.807) is 0 Å². The largest absolute Gasteiger partial charge is 0.366 e. The first-order valence-corrected chi connectivity index (χ1v) is 10.5. The number of fused-ring (bicyclic) bond motifs is 1. The monoisotopic (exact) mass is 403 g/mol. The number of piperazine rings is 1. The number of aromatic nitrogens is 1. The van der Waals surface area contributed by atoms with Crippen LogP contribution in [0.25, 0.3) is 10.8 Å². The van der Waals surface area contributed by atoms with Crippen molar-refractivity contribution in [3.8, 4) is 0 Å². The molecule has 6 heteroatoms. The molecule has 2 aromatic carbocycles. The number of rotatable bonds is 3.